The zero-order chi connectivity index (χ0) is 14.8. The van der Waals surface area contributed by atoms with Gasteiger partial charge in [-0.15, -0.1) is 0 Å². The van der Waals surface area contributed by atoms with E-state index < -0.39 is 6.10 Å². The quantitative estimate of drug-likeness (QED) is 0.799. The van der Waals surface area contributed by atoms with Crippen LogP contribution in [-0.4, -0.2) is 28.9 Å². The Kier molecular flexibility index (Phi) is 3.50. The number of nitrogens with zero attached hydrogens (tertiary/aromatic N) is 2. The van der Waals surface area contributed by atoms with Crippen LogP contribution in [0.4, 0.5) is 0 Å². The Bertz CT molecular complexity index is 767. The van der Waals surface area contributed by atoms with Gasteiger partial charge in [0.05, 0.1) is 25.9 Å². The van der Waals surface area contributed by atoms with Crippen molar-refractivity contribution in [3.05, 3.63) is 59.9 Å². The van der Waals surface area contributed by atoms with Crippen LogP contribution in [-0.2, 0) is 0 Å². The van der Waals surface area contributed by atoms with E-state index in [4.69, 9.17) is 9.47 Å². The van der Waals surface area contributed by atoms with E-state index in [2.05, 4.69) is 5.10 Å². The molecule has 0 bridgehead atoms. The van der Waals surface area contributed by atoms with E-state index in [1.807, 2.05) is 24.4 Å². The second-order valence-corrected chi connectivity index (χ2v) is 4.64. The molecule has 0 spiro atoms. The number of aliphatic hydroxyl groups excluding tert-OH is 1. The van der Waals surface area contributed by atoms with Crippen LogP contribution in [0.3, 0.4) is 0 Å². The van der Waals surface area contributed by atoms with Gasteiger partial charge in [0.15, 0.2) is 0 Å². The van der Waals surface area contributed by atoms with Crippen molar-refractivity contribution in [3.8, 4) is 11.5 Å². The van der Waals surface area contributed by atoms with E-state index in [1.54, 1.807) is 43.1 Å². The SMILES string of the molecule is COc1ccc(C(O)c2cnn3ccccc23)c(OC)c1. The van der Waals surface area contributed by atoms with Gasteiger partial charge in [0.25, 0.3) is 0 Å². The summed E-state index contributed by atoms with van der Waals surface area (Å²) in [4.78, 5) is 0. The molecular formula is C16H16N2O3. The molecule has 1 unspecified atom stereocenters. The molecule has 5 nitrogen and oxygen atoms in total. The fraction of sp³-hybridized carbons (Fsp3) is 0.188. The minimum absolute atomic E-state index is 0.581. The van der Waals surface area contributed by atoms with Gasteiger partial charge >= 0.3 is 0 Å². The van der Waals surface area contributed by atoms with E-state index in [-0.39, 0.29) is 0 Å². The summed E-state index contributed by atoms with van der Waals surface area (Å²) in [6, 6.07) is 11.1. The molecule has 0 saturated carbocycles. The number of ether oxygens (including phenoxy) is 2. The highest BCUT2D eigenvalue weighted by Crippen LogP contribution is 2.34. The van der Waals surface area contributed by atoms with E-state index in [1.165, 1.54) is 0 Å². The van der Waals surface area contributed by atoms with Gasteiger partial charge in [0, 0.05) is 23.4 Å². The molecule has 0 radical (unpaired) electrons. The minimum atomic E-state index is -0.814. The molecule has 3 aromatic rings. The van der Waals surface area contributed by atoms with Crippen molar-refractivity contribution >= 4 is 5.52 Å². The molecule has 2 aromatic heterocycles. The maximum Gasteiger partial charge on any atom is 0.128 e. The lowest BCUT2D eigenvalue weighted by Gasteiger charge is -2.15. The van der Waals surface area contributed by atoms with E-state index in [9.17, 15) is 5.11 Å². The number of hydrogen-bond donors (Lipinski definition) is 1. The Morgan fingerprint density at radius 1 is 1.10 bits per heavy atom. The van der Waals surface area contributed by atoms with Gasteiger partial charge in [-0.25, -0.2) is 4.52 Å². The number of aliphatic hydroxyl groups is 1. The van der Waals surface area contributed by atoms with Crippen LogP contribution in [0.5, 0.6) is 11.5 Å². The summed E-state index contributed by atoms with van der Waals surface area (Å²) >= 11 is 0. The van der Waals surface area contributed by atoms with E-state index in [0.717, 1.165) is 11.1 Å². The number of fused-ring (bicyclic) bond motifs is 1. The topological polar surface area (TPSA) is 56.0 Å². The normalized spacial score (nSPS) is 12.3. The molecule has 1 aromatic carbocycles. The maximum atomic E-state index is 10.7. The first kappa shape index (κ1) is 13.5. The van der Waals surface area contributed by atoms with Crippen LogP contribution in [0, 0.1) is 0 Å². The third-order valence-corrected chi connectivity index (χ3v) is 3.49. The third kappa shape index (κ3) is 2.32. The molecule has 0 aliphatic rings. The predicted octanol–water partition coefficient (Wildman–Crippen LogP) is 2.43. The molecule has 108 valence electrons. The van der Waals surface area contributed by atoms with Crippen molar-refractivity contribution in [1.82, 2.24) is 9.61 Å². The first-order valence-corrected chi connectivity index (χ1v) is 6.57. The Morgan fingerprint density at radius 2 is 1.95 bits per heavy atom. The summed E-state index contributed by atoms with van der Waals surface area (Å²) in [7, 11) is 3.16. The largest absolute Gasteiger partial charge is 0.497 e. The Balaban J connectivity index is 2.07. The highest BCUT2D eigenvalue weighted by Gasteiger charge is 2.19. The number of aromatic nitrogens is 2. The van der Waals surface area contributed by atoms with Crippen LogP contribution < -0.4 is 9.47 Å². The first-order chi connectivity index (χ1) is 10.2. The minimum Gasteiger partial charge on any atom is -0.497 e. The average molecular weight is 284 g/mol. The lowest BCUT2D eigenvalue weighted by atomic mass is 10.0. The third-order valence-electron chi connectivity index (χ3n) is 3.49. The molecule has 0 aliphatic carbocycles. The number of hydrogen-bond acceptors (Lipinski definition) is 4. The molecule has 1 N–H and O–H groups in total. The van der Waals surface area contributed by atoms with Gasteiger partial charge < -0.3 is 14.6 Å². The summed E-state index contributed by atoms with van der Waals surface area (Å²) in [5.74, 6) is 1.26. The van der Waals surface area contributed by atoms with Crippen molar-refractivity contribution in [2.45, 2.75) is 6.10 Å². The molecule has 5 heteroatoms. The highest BCUT2D eigenvalue weighted by molar-refractivity contribution is 5.58. The molecule has 0 amide bonds. The van der Waals surface area contributed by atoms with Crippen LogP contribution in [0.2, 0.25) is 0 Å². The number of pyridine rings is 1. The molecule has 21 heavy (non-hydrogen) atoms. The average Bonchev–Trinajstić information content (AvgIpc) is 2.97. The number of benzene rings is 1. The lowest BCUT2D eigenvalue weighted by Crippen LogP contribution is -2.02. The second-order valence-electron chi connectivity index (χ2n) is 4.64. The fourth-order valence-electron chi connectivity index (χ4n) is 2.38. The zero-order valence-corrected chi connectivity index (χ0v) is 11.9. The zero-order valence-electron chi connectivity index (χ0n) is 11.9. The molecule has 0 saturated heterocycles. The molecule has 2 heterocycles. The van der Waals surface area contributed by atoms with Crippen LogP contribution in [0.25, 0.3) is 5.52 Å². The summed E-state index contributed by atoms with van der Waals surface area (Å²) in [5.41, 5.74) is 2.28. The van der Waals surface area contributed by atoms with Crippen molar-refractivity contribution in [2.24, 2.45) is 0 Å². The Hall–Kier alpha value is -2.53. The van der Waals surface area contributed by atoms with Gasteiger partial charge in [0.1, 0.15) is 17.6 Å². The molecular weight excluding hydrogens is 268 g/mol. The van der Waals surface area contributed by atoms with E-state index in [0.29, 0.717) is 17.1 Å². The van der Waals surface area contributed by atoms with Crippen molar-refractivity contribution in [2.75, 3.05) is 14.2 Å². The summed E-state index contributed by atoms with van der Waals surface area (Å²) in [5, 5.41) is 14.9. The van der Waals surface area contributed by atoms with Gasteiger partial charge in [0.2, 0.25) is 0 Å². The number of methoxy groups -OCH3 is 2. The van der Waals surface area contributed by atoms with Crippen molar-refractivity contribution < 1.29 is 14.6 Å². The van der Waals surface area contributed by atoms with Gasteiger partial charge in [-0.05, 0) is 24.3 Å². The first-order valence-electron chi connectivity index (χ1n) is 6.57. The fourth-order valence-corrected chi connectivity index (χ4v) is 2.38. The summed E-state index contributed by atoms with van der Waals surface area (Å²) in [6.07, 6.45) is 2.70. The molecule has 3 rings (SSSR count). The molecule has 0 fully saturated rings. The standard InChI is InChI=1S/C16H16N2O3/c1-20-11-6-7-12(15(9-11)21-2)16(19)13-10-17-18-8-4-3-5-14(13)18/h3-10,16,19H,1-2H3. The molecule has 0 aliphatic heterocycles. The Labute approximate surface area is 122 Å². The van der Waals surface area contributed by atoms with Crippen LogP contribution >= 0.6 is 0 Å². The van der Waals surface area contributed by atoms with Gasteiger partial charge in [-0.2, -0.15) is 5.10 Å². The summed E-state index contributed by atoms with van der Waals surface area (Å²) in [6.45, 7) is 0. The van der Waals surface area contributed by atoms with Crippen molar-refractivity contribution in [1.29, 1.82) is 0 Å². The predicted molar refractivity (Wildman–Crippen MR) is 78.8 cm³/mol. The monoisotopic (exact) mass is 284 g/mol. The van der Waals surface area contributed by atoms with Crippen LogP contribution in [0.15, 0.2) is 48.8 Å². The maximum absolute atomic E-state index is 10.7. The lowest BCUT2D eigenvalue weighted by molar-refractivity contribution is 0.216. The number of rotatable bonds is 4. The van der Waals surface area contributed by atoms with Gasteiger partial charge in [-0.1, -0.05) is 6.07 Å². The van der Waals surface area contributed by atoms with Crippen molar-refractivity contribution in [3.63, 3.8) is 0 Å². The molecule has 1 atom stereocenters. The smallest absolute Gasteiger partial charge is 0.128 e. The highest BCUT2D eigenvalue weighted by atomic mass is 16.5. The van der Waals surface area contributed by atoms with Gasteiger partial charge in [-0.3, -0.25) is 0 Å². The summed E-state index contributed by atoms with van der Waals surface area (Å²) < 4.78 is 12.3. The Morgan fingerprint density at radius 3 is 2.71 bits per heavy atom. The second kappa shape index (κ2) is 5.46. The van der Waals surface area contributed by atoms with Crippen LogP contribution in [0.1, 0.15) is 17.2 Å². The van der Waals surface area contributed by atoms with E-state index >= 15 is 0 Å².